The zero-order valence-corrected chi connectivity index (χ0v) is 17.8. The summed E-state index contributed by atoms with van der Waals surface area (Å²) in [7, 11) is -3.99. The number of halogens is 2. The Balaban J connectivity index is 1.96. The maximum absolute atomic E-state index is 13.2. The van der Waals surface area contributed by atoms with Crippen molar-refractivity contribution in [3.63, 3.8) is 0 Å². The number of benzene rings is 3. The lowest BCUT2D eigenvalue weighted by Gasteiger charge is -2.24. The van der Waals surface area contributed by atoms with Crippen LogP contribution in [0.25, 0.3) is 0 Å². The first-order valence-electron chi connectivity index (χ1n) is 8.67. The molecule has 0 atom stereocenters. The number of sulfonamides is 1. The molecule has 0 bridgehead atoms. The number of rotatable bonds is 6. The Morgan fingerprint density at radius 1 is 0.966 bits per heavy atom. The molecule has 0 aliphatic heterocycles. The Kier molecular flexibility index (Phi) is 6.47. The van der Waals surface area contributed by atoms with Gasteiger partial charge in [-0.25, -0.2) is 8.42 Å². The van der Waals surface area contributed by atoms with Crippen LogP contribution in [0.15, 0.2) is 77.7 Å². The molecule has 0 saturated carbocycles. The summed E-state index contributed by atoms with van der Waals surface area (Å²) in [6, 6.07) is 19.4. The van der Waals surface area contributed by atoms with Gasteiger partial charge in [-0.15, -0.1) is 0 Å². The number of nitrogens with zero attached hydrogens (tertiary/aromatic N) is 1. The predicted molar refractivity (Wildman–Crippen MR) is 117 cm³/mol. The summed E-state index contributed by atoms with van der Waals surface area (Å²) in [5, 5.41) is 3.60. The van der Waals surface area contributed by atoms with E-state index in [1.54, 1.807) is 61.5 Å². The third-order valence-corrected chi connectivity index (χ3v) is 6.69. The quantitative estimate of drug-likeness (QED) is 0.567. The maximum atomic E-state index is 13.2. The van der Waals surface area contributed by atoms with Crippen LogP contribution in [-0.2, 0) is 14.8 Å². The highest BCUT2D eigenvalue weighted by Gasteiger charge is 2.27. The average molecular weight is 449 g/mol. The topological polar surface area (TPSA) is 66.5 Å². The molecule has 8 heteroatoms. The van der Waals surface area contributed by atoms with Crippen LogP contribution in [0.5, 0.6) is 0 Å². The fourth-order valence-corrected chi connectivity index (χ4v) is 4.52. The van der Waals surface area contributed by atoms with E-state index in [-0.39, 0.29) is 4.90 Å². The zero-order chi connectivity index (χ0) is 21.0. The normalized spacial score (nSPS) is 11.1. The predicted octanol–water partition coefficient (Wildman–Crippen LogP) is 5.14. The first-order chi connectivity index (χ1) is 13.8. The number of hydrogen-bond donors (Lipinski definition) is 1. The smallest absolute Gasteiger partial charge is 0.264 e. The minimum Gasteiger partial charge on any atom is -0.324 e. The van der Waals surface area contributed by atoms with Crippen LogP contribution in [0.3, 0.4) is 0 Å². The lowest BCUT2D eigenvalue weighted by Crippen LogP contribution is -2.38. The largest absolute Gasteiger partial charge is 0.324 e. The van der Waals surface area contributed by atoms with Crippen LogP contribution >= 0.6 is 23.2 Å². The van der Waals surface area contributed by atoms with Crippen LogP contribution in [0.2, 0.25) is 10.0 Å². The van der Waals surface area contributed by atoms with Crippen LogP contribution in [0, 0.1) is 6.92 Å². The van der Waals surface area contributed by atoms with Gasteiger partial charge < -0.3 is 5.32 Å². The summed E-state index contributed by atoms with van der Waals surface area (Å²) >= 11 is 12.1. The van der Waals surface area contributed by atoms with E-state index in [4.69, 9.17) is 23.2 Å². The Morgan fingerprint density at radius 3 is 2.34 bits per heavy atom. The Bertz CT molecular complexity index is 1140. The lowest BCUT2D eigenvalue weighted by molar-refractivity contribution is -0.114. The molecule has 0 aliphatic rings. The van der Waals surface area contributed by atoms with Crippen LogP contribution in [0.1, 0.15) is 5.56 Å². The van der Waals surface area contributed by atoms with Gasteiger partial charge in [0.25, 0.3) is 10.0 Å². The first kappa shape index (κ1) is 21.2. The maximum Gasteiger partial charge on any atom is 0.264 e. The summed E-state index contributed by atoms with van der Waals surface area (Å²) in [5.74, 6) is -0.505. The molecule has 150 valence electrons. The molecular weight excluding hydrogens is 431 g/mol. The molecule has 1 N–H and O–H groups in total. The molecule has 0 heterocycles. The Morgan fingerprint density at radius 2 is 1.66 bits per heavy atom. The molecule has 3 aromatic carbocycles. The van der Waals surface area contributed by atoms with Gasteiger partial charge in [-0.2, -0.15) is 0 Å². The highest BCUT2D eigenvalue weighted by Crippen LogP contribution is 2.27. The third-order valence-electron chi connectivity index (χ3n) is 4.26. The van der Waals surface area contributed by atoms with E-state index < -0.39 is 22.5 Å². The van der Waals surface area contributed by atoms with E-state index in [2.05, 4.69) is 5.32 Å². The molecule has 0 saturated heterocycles. The molecule has 3 aromatic rings. The summed E-state index contributed by atoms with van der Waals surface area (Å²) in [6.45, 7) is 1.34. The van der Waals surface area contributed by atoms with Gasteiger partial charge in [-0.3, -0.25) is 9.10 Å². The average Bonchev–Trinajstić information content (AvgIpc) is 2.70. The van der Waals surface area contributed by atoms with Crippen molar-refractivity contribution in [2.24, 2.45) is 0 Å². The third kappa shape index (κ3) is 4.90. The summed E-state index contributed by atoms with van der Waals surface area (Å²) in [5.41, 5.74) is 1.51. The number of carbonyl (C=O) groups is 1. The SMILES string of the molecule is Cc1c(Cl)cccc1NC(=O)CN(c1cccc(Cl)c1)S(=O)(=O)c1ccccc1. The number of hydrogen-bond acceptors (Lipinski definition) is 3. The van der Waals surface area contributed by atoms with Crippen LogP contribution < -0.4 is 9.62 Å². The van der Waals surface area contributed by atoms with Gasteiger partial charge >= 0.3 is 0 Å². The van der Waals surface area contributed by atoms with Crippen molar-refractivity contribution in [1.29, 1.82) is 0 Å². The van der Waals surface area contributed by atoms with Crippen molar-refractivity contribution in [1.82, 2.24) is 0 Å². The fraction of sp³-hybridized carbons (Fsp3) is 0.0952. The van der Waals surface area contributed by atoms with Crippen molar-refractivity contribution in [3.05, 3.63) is 88.4 Å². The second-order valence-corrected chi connectivity index (χ2v) is 8.97. The molecule has 1 amide bonds. The van der Waals surface area contributed by atoms with Crippen molar-refractivity contribution in [3.8, 4) is 0 Å². The molecule has 3 rings (SSSR count). The second-order valence-electron chi connectivity index (χ2n) is 6.27. The van der Waals surface area contributed by atoms with Crippen molar-refractivity contribution >= 4 is 50.5 Å². The first-order valence-corrected chi connectivity index (χ1v) is 10.9. The fourth-order valence-electron chi connectivity index (χ4n) is 2.73. The van der Waals surface area contributed by atoms with Gasteiger partial charge in [0, 0.05) is 15.7 Å². The van der Waals surface area contributed by atoms with Crippen molar-refractivity contribution in [2.75, 3.05) is 16.2 Å². The molecule has 0 aliphatic carbocycles. The summed E-state index contributed by atoms with van der Waals surface area (Å²) in [4.78, 5) is 12.8. The zero-order valence-electron chi connectivity index (χ0n) is 15.5. The monoisotopic (exact) mass is 448 g/mol. The van der Waals surface area contributed by atoms with E-state index in [9.17, 15) is 13.2 Å². The van der Waals surface area contributed by atoms with Gasteiger partial charge in [0.05, 0.1) is 10.6 Å². The Labute approximate surface area is 179 Å². The molecule has 29 heavy (non-hydrogen) atoms. The van der Waals surface area contributed by atoms with Crippen LogP contribution in [-0.4, -0.2) is 20.9 Å². The lowest BCUT2D eigenvalue weighted by atomic mass is 10.2. The minimum absolute atomic E-state index is 0.0757. The number of anilines is 2. The summed E-state index contributed by atoms with van der Waals surface area (Å²) in [6.07, 6.45) is 0. The molecule has 0 aromatic heterocycles. The number of nitrogens with one attached hydrogen (secondary N) is 1. The minimum atomic E-state index is -3.99. The molecule has 0 spiro atoms. The van der Waals surface area contributed by atoms with E-state index in [1.807, 2.05) is 0 Å². The van der Waals surface area contributed by atoms with E-state index in [1.165, 1.54) is 18.2 Å². The molecule has 0 unspecified atom stereocenters. The molecule has 0 fully saturated rings. The van der Waals surface area contributed by atoms with Gasteiger partial charge in [0.15, 0.2) is 0 Å². The van der Waals surface area contributed by atoms with Gasteiger partial charge in [-0.1, -0.05) is 53.5 Å². The number of carbonyl (C=O) groups excluding carboxylic acids is 1. The van der Waals surface area contributed by atoms with E-state index in [0.717, 1.165) is 4.31 Å². The highest BCUT2D eigenvalue weighted by atomic mass is 35.5. The van der Waals surface area contributed by atoms with E-state index >= 15 is 0 Å². The standard InChI is InChI=1S/C21H18Cl2N2O3S/c1-15-19(23)11-6-12-20(15)24-21(26)14-25(17-8-5-7-16(22)13-17)29(27,28)18-9-3-2-4-10-18/h2-13H,14H2,1H3,(H,24,26). The summed E-state index contributed by atoms with van der Waals surface area (Å²) < 4.78 is 27.5. The Hall–Kier alpha value is -2.54. The van der Waals surface area contributed by atoms with Crippen molar-refractivity contribution < 1.29 is 13.2 Å². The molecule has 0 radical (unpaired) electrons. The van der Waals surface area contributed by atoms with Gasteiger partial charge in [-0.05, 0) is 55.0 Å². The van der Waals surface area contributed by atoms with E-state index in [0.29, 0.717) is 27.0 Å². The number of amides is 1. The van der Waals surface area contributed by atoms with Gasteiger partial charge in [0.2, 0.25) is 5.91 Å². The second kappa shape index (κ2) is 8.86. The van der Waals surface area contributed by atoms with Crippen LogP contribution in [0.4, 0.5) is 11.4 Å². The van der Waals surface area contributed by atoms with Crippen molar-refractivity contribution in [2.45, 2.75) is 11.8 Å². The highest BCUT2D eigenvalue weighted by molar-refractivity contribution is 7.92. The molecule has 5 nitrogen and oxygen atoms in total. The van der Waals surface area contributed by atoms with Gasteiger partial charge in [0.1, 0.15) is 6.54 Å². The molecular formula is C21H18Cl2N2O3S.